The van der Waals surface area contributed by atoms with Crippen LogP contribution >= 0.6 is 11.3 Å². The number of thiazole rings is 1. The highest BCUT2D eigenvalue weighted by Crippen LogP contribution is 2.25. The molecular formula is C17H22N4OS. The summed E-state index contributed by atoms with van der Waals surface area (Å²) in [5, 5.41) is 4.20. The lowest BCUT2D eigenvalue weighted by Crippen LogP contribution is -2.40. The minimum Gasteiger partial charge on any atom is -0.338 e. The Labute approximate surface area is 140 Å². The number of hydrogen-bond donors (Lipinski definition) is 1. The maximum absolute atomic E-state index is 12.6. The molecule has 2 aromatic heterocycles. The maximum atomic E-state index is 12.6. The Hall–Kier alpha value is -1.79. The highest BCUT2D eigenvalue weighted by atomic mass is 32.1. The zero-order chi connectivity index (χ0) is 16.1. The smallest absolute Gasteiger partial charge is 0.265 e. The molecule has 0 bridgehead atoms. The van der Waals surface area contributed by atoms with Crippen LogP contribution in [0, 0.1) is 5.92 Å². The quantitative estimate of drug-likeness (QED) is 0.916. The maximum Gasteiger partial charge on any atom is 0.265 e. The molecule has 1 amide bonds. The van der Waals surface area contributed by atoms with Gasteiger partial charge >= 0.3 is 0 Å². The zero-order valence-electron chi connectivity index (χ0n) is 13.4. The van der Waals surface area contributed by atoms with E-state index in [-0.39, 0.29) is 5.91 Å². The number of aromatic nitrogens is 2. The monoisotopic (exact) mass is 330 g/mol. The van der Waals surface area contributed by atoms with Gasteiger partial charge in [-0.05, 0) is 44.0 Å². The van der Waals surface area contributed by atoms with E-state index in [0.717, 1.165) is 49.7 Å². The molecule has 0 spiro atoms. The number of amides is 1. The average molecular weight is 330 g/mol. The molecule has 1 N–H and O–H groups in total. The van der Waals surface area contributed by atoms with Gasteiger partial charge < -0.3 is 10.2 Å². The summed E-state index contributed by atoms with van der Waals surface area (Å²) in [6.45, 7) is 5.87. The van der Waals surface area contributed by atoms with E-state index in [2.05, 4.69) is 22.2 Å². The summed E-state index contributed by atoms with van der Waals surface area (Å²) in [6.07, 6.45) is 5.57. The van der Waals surface area contributed by atoms with Gasteiger partial charge in [0.25, 0.3) is 5.91 Å². The molecule has 3 heterocycles. The first-order valence-electron chi connectivity index (χ1n) is 8.15. The fourth-order valence-corrected chi connectivity index (χ4v) is 3.69. The first-order valence-corrected chi connectivity index (χ1v) is 8.96. The van der Waals surface area contributed by atoms with Gasteiger partial charge in [0.2, 0.25) is 0 Å². The van der Waals surface area contributed by atoms with Crippen LogP contribution in [-0.4, -0.2) is 47.0 Å². The zero-order valence-corrected chi connectivity index (χ0v) is 14.2. The van der Waals surface area contributed by atoms with Gasteiger partial charge in [-0.3, -0.25) is 9.78 Å². The lowest BCUT2D eigenvalue weighted by Gasteiger charge is -2.31. The molecular weight excluding hydrogens is 308 g/mol. The second-order valence-corrected chi connectivity index (χ2v) is 6.82. The van der Waals surface area contributed by atoms with Gasteiger partial charge in [0.05, 0.1) is 11.9 Å². The second kappa shape index (κ2) is 7.66. The number of rotatable bonds is 5. The molecule has 1 aliphatic rings. The van der Waals surface area contributed by atoms with Gasteiger partial charge in [-0.15, -0.1) is 11.3 Å². The lowest BCUT2D eigenvalue weighted by molar-refractivity contribution is 0.0695. The number of piperidine rings is 1. The molecule has 1 saturated heterocycles. The Balaban J connectivity index is 1.60. The number of carbonyl (C=O) groups excluding carboxylic acids is 1. The van der Waals surface area contributed by atoms with Crippen LogP contribution in [0.3, 0.4) is 0 Å². The third-order valence-electron chi connectivity index (χ3n) is 4.19. The standard InChI is InChI=1S/C17H22N4OS/c1-2-18-11-13-6-9-21(10-7-13)17(22)15-12-20-16(23-15)14-5-3-4-8-19-14/h3-5,8,12-13,18H,2,6-7,9-11H2,1H3. The number of nitrogens with zero attached hydrogens (tertiary/aromatic N) is 3. The first kappa shape index (κ1) is 16.1. The Morgan fingerprint density at radius 2 is 2.17 bits per heavy atom. The number of hydrogen-bond acceptors (Lipinski definition) is 5. The van der Waals surface area contributed by atoms with E-state index in [0.29, 0.717) is 10.8 Å². The van der Waals surface area contributed by atoms with Crippen molar-refractivity contribution in [3.8, 4) is 10.7 Å². The first-order chi connectivity index (χ1) is 11.3. The Morgan fingerprint density at radius 1 is 1.35 bits per heavy atom. The highest BCUT2D eigenvalue weighted by Gasteiger charge is 2.24. The Kier molecular flexibility index (Phi) is 5.35. The Morgan fingerprint density at radius 3 is 2.87 bits per heavy atom. The minimum absolute atomic E-state index is 0.103. The van der Waals surface area contributed by atoms with Crippen LogP contribution in [0.25, 0.3) is 10.7 Å². The van der Waals surface area contributed by atoms with Crippen molar-refractivity contribution < 1.29 is 4.79 Å². The van der Waals surface area contributed by atoms with Crippen molar-refractivity contribution in [2.75, 3.05) is 26.2 Å². The van der Waals surface area contributed by atoms with Crippen LogP contribution in [-0.2, 0) is 0 Å². The van der Waals surface area contributed by atoms with Gasteiger partial charge in [0.15, 0.2) is 0 Å². The molecule has 122 valence electrons. The van der Waals surface area contributed by atoms with Crippen molar-refractivity contribution in [3.05, 3.63) is 35.5 Å². The fraction of sp³-hybridized carbons (Fsp3) is 0.471. The van der Waals surface area contributed by atoms with Crippen LogP contribution in [0.2, 0.25) is 0 Å². The van der Waals surface area contributed by atoms with E-state index in [1.807, 2.05) is 23.1 Å². The molecule has 2 aromatic rings. The lowest BCUT2D eigenvalue weighted by atomic mass is 9.96. The summed E-state index contributed by atoms with van der Waals surface area (Å²) in [5.74, 6) is 0.788. The van der Waals surface area contributed by atoms with Gasteiger partial charge in [-0.25, -0.2) is 4.98 Å². The van der Waals surface area contributed by atoms with Crippen LogP contribution in [0.15, 0.2) is 30.6 Å². The van der Waals surface area contributed by atoms with Gasteiger partial charge in [0, 0.05) is 19.3 Å². The second-order valence-electron chi connectivity index (χ2n) is 5.79. The molecule has 23 heavy (non-hydrogen) atoms. The third-order valence-corrected chi connectivity index (χ3v) is 5.19. The largest absolute Gasteiger partial charge is 0.338 e. The van der Waals surface area contributed by atoms with Gasteiger partial charge in [0.1, 0.15) is 9.88 Å². The van der Waals surface area contributed by atoms with E-state index in [4.69, 9.17) is 0 Å². The van der Waals surface area contributed by atoms with Crippen molar-refractivity contribution in [3.63, 3.8) is 0 Å². The van der Waals surface area contributed by atoms with Crippen molar-refractivity contribution in [1.29, 1.82) is 0 Å². The summed E-state index contributed by atoms with van der Waals surface area (Å²) >= 11 is 1.43. The van der Waals surface area contributed by atoms with E-state index in [1.165, 1.54) is 11.3 Å². The SMILES string of the molecule is CCNCC1CCN(C(=O)c2cnc(-c3ccccn3)s2)CC1. The number of likely N-dealkylation sites (tertiary alicyclic amines) is 1. The molecule has 0 atom stereocenters. The number of pyridine rings is 1. The van der Waals surface area contributed by atoms with Crippen molar-refractivity contribution in [2.45, 2.75) is 19.8 Å². The van der Waals surface area contributed by atoms with Crippen LogP contribution in [0.5, 0.6) is 0 Å². The molecule has 0 radical (unpaired) electrons. The van der Waals surface area contributed by atoms with Crippen LogP contribution in [0.1, 0.15) is 29.4 Å². The predicted octanol–water partition coefficient (Wildman–Crippen LogP) is 2.67. The summed E-state index contributed by atoms with van der Waals surface area (Å²) in [7, 11) is 0. The highest BCUT2D eigenvalue weighted by molar-refractivity contribution is 7.16. The third kappa shape index (κ3) is 3.95. The summed E-state index contributed by atoms with van der Waals surface area (Å²) in [4.78, 5) is 23.9. The Bertz CT molecular complexity index is 635. The molecule has 0 saturated carbocycles. The molecule has 0 aliphatic carbocycles. The van der Waals surface area contributed by atoms with Crippen LogP contribution in [0.4, 0.5) is 0 Å². The molecule has 6 heteroatoms. The van der Waals surface area contributed by atoms with Crippen LogP contribution < -0.4 is 5.32 Å². The summed E-state index contributed by atoms with van der Waals surface area (Å²) < 4.78 is 0. The van der Waals surface area contributed by atoms with E-state index < -0.39 is 0 Å². The van der Waals surface area contributed by atoms with Gasteiger partial charge in [-0.1, -0.05) is 13.0 Å². The molecule has 1 aliphatic heterocycles. The summed E-state index contributed by atoms with van der Waals surface area (Å²) in [6, 6.07) is 5.72. The van der Waals surface area contributed by atoms with E-state index in [9.17, 15) is 4.79 Å². The van der Waals surface area contributed by atoms with Crippen molar-refractivity contribution >= 4 is 17.2 Å². The minimum atomic E-state index is 0.103. The topological polar surface area (TPSA) is 58.1 Å². The fourth-order valence-electron chi connectivity index (χ4n) is 2.83. The molecule has 0 unspecified atom stereocenters. The van der Waals surface area contributed by atoms with Crippen molar-refractivity contribution in [2.24, 2.45) is 5.92 Å². The molecule has 0 aromatic carbocycles. The predicted molar refractivity (Wildman–Crippen MR) is 92.5 cm³/mol. The van der Waals surface area contributed by atoms with Crippen molar-refractivity contribution in [1.82, 2.24) is 20.2 Å². The van der Waals surface area contributed by atoms with E-state index in [1.54, 1.807) is 12.4 Å². The van der Waals surface area contributed by atoms with E-state index >= 15 is 0 Å². The molecule has 1 fully saturated rings. The number of carbonyl (C=O) groups is 1. The summed E-state index contributed by atoms with van der Waals surface area (Å²) in [5.41, 5.74) is 0.820. The van der Waals surface area contributed by atoms with Gasteiger partial charge in [-0.2, -0.15) is 0 Å². The number of nitrogens with one attached hydrogen (secondary N) is 1. The normalized spacial score (nSPS) is 15.8. The molecule has 5 nitrogen and oxygen atoms in total. The molecule has 3 rings (SSSR count). The average Bonchev–Trinajstić information content (AvgIpc) is 3.11.